The lowest BCUT2D eigenvalue weighted by atomic mass is 9.70. The van der Waals surface area contributed by atoms with Gasteiger partial charge < -0.3 is 14.7 Å². The third-order valence-electron chi connectivity index (χ3n) is 5.06. The standard InChI is InChI=1S/C19H25NO3/c1-20-10-9-16-15(14-5-3-2-4-6-14)7-8-17(18(16)13-20)19(22)23-12-11-21/h2-6,17-18,21H,7-13H2,1H3. The van der Waals surface area contributed by atoms with Gasteiger partial charge in [0.25, 0.3) is 0 Å². The first-order chi connectivity index (χ1) is 11.2. The number of carbonyl (C=O) groups excluding carboxylic acids is 1. The van der Waals surface area contributed by atoms with Crippen LogP contribution in [-0.4, -0.2) is 49.3 Å². The van der Waals surface area contributed by atoms with E-state index in [1.807, 2.05) is 6.07 Å². The van der Waals surface area contributed by atoms with Gasteiger partial charge in [-0.15, -0.1) is 0 Å². The molecule has 1 aromatic carbocycles. The fourth-order valence-electron chi connectivity index (χ4n) is 3.94. The number of likely N-dealkylation sites (tertiary alicyclic amines) is 1. The van der Waals surface area contributed by atoms with Crippen molar-refractivity contribution in [2.45, 2.75) is 19.3 Å². The number of hydrogen-bond acceptors (Lipinski definition) is 4. The Kier molecular flexibility index (Phi) is 5.13. The van der Waals surface area contributed by atoms with E-state index in [0.717, 1.165) is 32.4 Å². The molecule has 4 nitrogen and oxygen atoms in total. The molecule has 0 spiro atoms. The van der Waals surface area contributed by atoms with Gasteiger partial charge in [-0.2, -0.15) is 0 Å². The summed E-state index contributed by atoms with van der Waals surface area (Å²) < 4.78 is 5.23. The second-order valence-corrected chi connectivity index (χ2v) is 6.52. The van der Waals surface area contributed by atoms with Gasteiger partial charge in [-0.25, -0.2) is 0 Å². The fourth-order valence-corrected chi connectivity index (χ4v) is 3.94. The minimum atomic E-state index is -0.149. The quantitative estimate of drug-likeness (QED) is 0.867. The van der Waals surface area contributed by atoms with Crippen molar-refractivity contribution in [3.8, 4) is 0 Å². The largest absolute Gasteiger partial charge is 0.463 e. The zero-order valence-corrected chi connectivity index (χ0v) is 13.7. The van der Waals surface area contributed by atoms with Crippen LogP contribution in [0.2, 0.25) is 0 Å². The summed E-state index contributed by atoms with van der Waals surface area (Å²) in [5.74, 6) is 0.0135. The Morgan fingerprint density at radius 2 is 2.09 bits per heavy atom. The predicted molar refractivity (Wildman–Crippen MR) is 89.7 cm³/mol. The highest BCUT2D eigenvalue weighted by atomic mass is 16.5. The van der Waals surface area contributed by atoms with Gasteiger partial charge >= 0.3 is 5.97 Å². The number of fused-ring (bicyclic) bond motifs is 1. The molecule has 124 valence electrons. The Balaban J connectivity index is 1.89. The van der Waals surface area contributed by atoms with Gasteiger partial charge in [-0.05, 0) is 37.4 Å². The van der Waals surface area contributed by atoms with Crippen LogP contribution in [0.4, 0.5) is 0 Å². The summed E-state index contributed by atoms with van der Waals surface area (Å²) in [5.41, 5.74) is 4.15. The maximum atomic E-state index is 12.4. The Labute approximate surface area is 137 Å². The molecule has 4 heteroatoms. The van der Waals surface area contributed by atoms with Crippen LogP contribution in [0.15, 0.2) is 35.9 Å². The van der Waals surface area contributed by atoms with Crippen LogP contribution in [0.5, 0.6) is 0 Å². The van der Waals surface area contributed by atoms with Crippen molar-refractivity contribution < 1.29 is 14.6 Å². The maximum Gasteiger partial charge on any atom is 0.309 e. The number of aliphatic hydroxyl groups is 1. The minimum absolute atomic E-state index is 0.0771. The molecule has 2 atom stereocenters. The van der Waals surface area contributed by atoms with Crippen molar-refractivity contribution in [1.82, 2.24) is 4.90 Å². The van der Waals surface area contributed by atoms with Crippen molar-refractivity contribution in [1.29, 1.82) is 0 Å². The van der Waals surface area contributed by atoms with Gasteiger partial charge in [0.15, 0.2) is 0 Å². The van der Waals surface area contributed by atoms with E-state index in [0.29, 0.717) is 0 Å². The molecule has 0 radical (unpaired) electrons. The van der Waals surface area contributed by atoms with Crippen LogP contribution in [0.3, 0.4) is 0 Å². The molecule has 0 bridgehead atoms. The van der Waals surface area contributed by atoms with E-state index in [1.54, 1.807) is 0 Å². The molecular weight excluding hydrogens is 290 g/mol. The van der Waals surface area contributed by atoms with Crippen LogP contribution in [-0.2, 0) is 9.53 Å². The average molecular weight is 315 g/mol. The molecule has 3 rings (SSSR count). The molecular formula is C19H25NO3. The topological polar surface area (TPSA) is 49.8 Å². The summed E-state index contributed by atoms with van der Waals surface area (Å²) in [7, 11) is 2.11. The average Bonchev–Trinajstić information content (AvgIpc) is 2.59. The number of hydrogen-bond donors (Lipinski definition) is 1. The van der Waals surface area contributed by atoms with Gasteiger partial charge in [0, 0.05) is 19.0 Å². The van der Waals surface area contributed by atoms with Gasteiger partial charge in [-0.1, -0.05) is 35.9 Å². The summed E-state index contributed by atoms with van der Waals surface area (Å²) >= 11 is 0. The lowest BCUT2D eigenvalue weighted by molar-refractivity contribution is -0.152. The minimum Gasteiger partial charge on any atom is -0.463 e. The summed E-state index contributed by atoms with van der Waals surface area (Å²) in [5, 5.41) is 8.88. The highest BCUT2D eigenvalue weighted by molar-refractivity contribution is 5.78. The zero-order valence-electron chi connectivity index (χ0n) is 13.7. The van der Waals surface area contributed by atoms with E-state index in [-0.39, 0.29) is 31.0 Å². The zero-order chi connectivity index (χ0) is 16.2. The molecule has 2 unspecified atom stereocenters. The Morgan fingerprint density at radius 1 is 1.30 bits per heavy atom. The van der Waals surface area contributed by atoms with E-state index in [4.69, 9.17) is 9.84 Å². The van der Waals surface area contributed by atoms with Gasteiger partial charge in [0.05, 0.1) is 12.5 Å². The molecule has 0 amide bonds. The van der Waals surface area contributed by atoms with E-state index >= 15 is 0 Å². The molecule has 1 aliphatic heterocycles. The number of nitrogens with zero attached hydrogens (tertiary/aromatic N) is 1. The first-order valence-electron chi connectivity index (χ1n) is 8.44. The summed E-state index contributed by atoms with van der Waals surface area (Å²) in [6, 6.07) is 10.5. The highest BCUT2D eigenvalue weighted by Gasteiger charge is 2.39. The Morgan fingerprint density at radius 3 is 2.83 bits per heavy atom. The number of carbonyl (C=O) groups is 1. The van der Waals surface area contributed by atoms with Crippen LogP contribution in [0.25, 0.3) is 5.57 Å². The van der Waals surface area contributed by atoms with Crippen LogP contribution in [0.1, 0.15) is 24.8 Å². The highest BCUT2D eigenvalue weighted by Crippen LogP contribution is 2.43. The number of rotatable bonds is 4. The number of piperidine rings is 1. The van der Waals surface area contributed by atoms with Gasteiger partial charge in [0.2, 0.25) is 0 Å². The summed E-state index contributed by atoms with van der Waals surface area (Å²) in [6.07, 6.45) is 2.78. The lowest BCUT2D eigenvalue weighted by Gasteiger charge is -2.41. The number of aliphatic hydroxyl groups excluding tert-OH is 1. The SMILES string of the molecule is CN1CCC2=C(c3ccccc3)CCC(C(=O)OCCO)C2C1. The maximum absolute atomic E-state index is 12.4. The molecule has 1 fully saturated rings. The van der Waals surface area contributed by atoms with Crippen LogP contribution >= 0.6 is 0 Å². The molecule has 1 N–H and O–H groups in total. The van der Waals surface area contributed by atoms with E-state index in [2.05, 4.69) is 36.2 Å². The van der Waals surface area contributed by atoms with Crippen molar-refractivity contribution >= 4 is 11.5 Å². The molecule has 1 saturated heterocycles. The normalized spacial score (nSPS) is 25.1. The second kappa shape index (κ2) is 7.28. The van der Waals surface area contributed by atoms with Crippen molar-refractivity contribution in [2.75, 3.05) is 33.4 Å². The number of allylic oxidation sites excluding steroid dienone is 1. The van der Waals surface area contributed by atoms with Crippen molar-refractivity contribution in [3.63, 3.8) is 0 Å². The van der Waals surface area contributed by atoms with Crippen LogP contribution in [0, 0.1) is 11.8 Å². The van der Waals surface area contributed by atoms with Crippen LogP contribution < -0.4 is 0 Å². The van der Waals surface area contributed by atoms with Gasteiger partial charge in [-0.3, -0.25) is 4.79 Å². The van der Waals surface area contributed by atoms with Gasteiger partial charge in [0.1, 0.15) is 6.61 Å². The number of benzene rings is 1. The fraction of sp³-hybridized carbons (Fsp3) is 0.526. The lowest BCUT2D eigenvalue weighted by Crippen LogP contribution is -2.42. The van der Waals surface area contributed by atoms with Crippen molar-refractivity contribution in [3.05, 3.63) is 41.5 Å². The van der Waals surface area contributed by atoms with Crippen molar-refractivity contribution in [2.24, 2.45) is 11.8 Å². The summed E-state index contributed by atoms with van der Waals surface area (Å²) in [6.45, 7) is 1.94. The third-order valence-corrected chi connectivity index (χ3v) is 5.06. The summed E-state index contributed by atoms with van der Waals surface area (Å²) in [4.78, 5) is 14.7. The smallest absolute Gasteiger partial charge is 0.309 e. The first kappa shape index (κ1) is 16.2. The molecule has 1 aliphatic carbocycles. The molecule has 1 heterocycles. The number of esters is 1. The van der Waals surface area contributed by atoms with E-state index in [1.165, 1.54) is 16.7 Å². The Hall–Kier alpha value is -1.65. The molecule has 23 heavy (non-hydrogen) atoms. The third kappa shape index (κ3) is 3.48. The Bertz CT molecular complexity index is 582. The van der Waals surface area contributed by atoms with E-state index < -0.39 is 0 Å². The second-order valence-electron chi connectivity index (χ2n) is 6.52. The predicted octanol–water partition coefficient (Wildman–Crippen LogP) is 2.34. The molecule has 2 aliphatic rings. The molecule has 0 aromatic heterocycles. The number of ether oxygens (including phenoxy) is 1. The monoisotopic (exact) mass is 315 g/mol. The molecule has 1 aromatic rings. The molecule has 0 saturated carbocycles. The van der Waals surface area contributed by atoms with E-state index in [9.17, 15) is 4.79 Å². The first-order valence-corrected chi connectivity index (χ1v) is 8.44.